The number of benzene rings is 1. The van der Waals surface area contributed by atoms with Crippen LogP contribution < -0.4 is 16.0 Å². The molecule has 2 rings (SSSR count). The summed E-state index contributed by atoms with van der Waals surface area (Å²) in [5.74, 6) is 0.975. The van der Waals surface area contributed by atoms with Gasteiger partial charge in [0, 0.05) is 44.3 Å². The predicted molar refractivity (Wildman–Crippen MR) is 107 cm³/mol. The zero-order valence-corrected chi connectivity index (χ0v) is 16.0. The monoisotopic (exact) mass is 360 g/mol. The molecule has 0 spiro atoms. The second-order valence-corrected chi connectivity index (χ2v) is 6.50. The van der Waals surface area contributed by atoms with Crippen molar-refractivity contribution in [2.45, 2.75) is 45.4 Å². The molecule has 1 aliphatic rings. The van der Waals surface area contributed by atoms with Gasteiger partial charge in [0.2, 0.25) is 5.91 Å². The quantitative estimate of drug-likeness (QED) is 0.341. The van der Waals surface area contributed by atoms with Gasteiger partial charge in [-0.3, -0.25) is 9.79 Å². The SMILES string of the molecule is CCCCOCCCNC(=NCC1CC(=O)Nc2ccccc21)NCC. The van der Waals surface area contributed by atoms with E-state index in [-0.39, 0.29) is 11.8 Å². The van der Waals surface area contributed by atoms with Crippen LogP contribution in [0.2, 0.25) is 0 Å². The number of nitrogens with one attached hydrogen (secondary N) is 3. The molecule has 1 aromatic carbocycles. The number of hydrogen-bond acceptors (Lipinski definition) is 3. The molecule has 0 bridgehead atoms. The Kier molecular flexibility index (Phi) is 8.96. The third kappa shape index (κ3) is 6.67. The third-order valence-corrected chi connectivity index (χ3v) is 4.32. The van der Waals surface area contributed by atoms with E-state index in [0.717, 1.165) is 62.8 Å². The van der Waals surface area contributed by atoms with E-state index in [1.54, 1.807) is 0 Å². The highest BCUT2D eigenvalue weighted by Gasteiger charge is 2.24. The summed E-state index contributed by atoms with van der Waals surface area (Å²) in [5.41, 5.74) is 2.07. The number of anilines is 1. The Labute approximate surface area is 156 Å². The maximum Gasteiger partial charge on any atom is 0.225 e. The Balaban J connectivity index is 1.83. The summed E-state index contributed by atoms with van der Waals surface area (Å²) in [6.45, 7) is 8.04. The molecule has 144 valence electrons. The van der Waals surface area contributed by atoms with Gasteiger partial charge < -0.3 is 20.7 Å². The molecular weight excluding hydrogens is 328 g/mol. The molecule has 0 saturated heterocycles. The standard InChI is InChI=1S/C20H32N4O2/c1-3-5-12-26-13-8-11-22-20(21-4-2)23-15-16-14-19(25)24-18-10-7-6-9-17(16)18/h6-7,9-10,16H,3-5,8,11-15H2,1-2H3,(H,24,25)(H2,21,22,23). The molecule has 6 heteroatoms. The van der Waals surface area contributed by atoms with Gasteiger partial charge in [-0.1, -0.05) is 31.5 Å². The molecule has 1 aromatic rings. The molecule has 0 aromatic heterocycles. The summed E-state index contributed by atoms with van der Waals surface area (Å²) in [6, 6.07) is 7.97. The third-order valence-electron chi connectivity index (χ3n) is 4.32. The fourth-order valence-corrected chi connectivity index (χ4v) is 2.94. The van der Waals surface area contributed by atoms with E-state index in [9.17, 15) is 4.79 Å². The van der Waals surface area contributed by atoms with Gasteiger partial charge in [-0.05, 0) is 31.4 Å². The molecule has 1 heterocycles. The zero-order valence-electron chi connectivity index (χ0n) is 16.0. The highest BCUT2D eigenvalue weighted by Crippen LogP contribution is 2.31. The summed E-state index contributed by atoms with van der Waals surface area (Å²) < 4.78 is 5.58. The molecule has 1 atom stereocenters. The molecule has 0 radical (unpaired) electrons. The lowest BCUT2D eigenvalue weighted by Gasteiger charge is -2.24. The van der Waals surface area contributed by atoms with Crippen molar-refractivity contribution in [2.75, 3.05) is 38.2 Å². The minimum Gasteiger partial charge on any atom is -0.381 e. The van der Waals surface area contributed by atoms with Gasteiger partial charge in [-0.15, -0.1) is 0 Å². The number of nitrogens with zero attached hydrogens (tertiary/aromatic N) is 1. The van der Waals surface area contributed by atoms with E-state index in [1.807, 2.05) is 18.2 Å². The van der Waals surface area contributed by atoms with E-state index < -0.39 is 0 Å². The Bertz CT molecular complexity index is 589. The molecular formula is C20H32N4O2. The summed E-state index contributed by atoms with van der Waals surface area (Å²) in [7, 11) is 0. The van der Waals surface area contributed by atoms with Gasteiger partial charge in [0.25, 0.3) is 0 Å². The van der Waals surface area contributed by atoms with Crippen LogP contribution in [0.25, 0.3) is 0 Å². The number of rotatable bonds is 10. The first kappa shape index (κ1) is 20.2. The van der Waals surface area contributed by atoms with Crippen LogP contribution in [-0.4, -0.2) is 44.7 Å². The maximum atomic E-state index is 11.9. The van der Waals surface area contributed by atoms with Gasteiger partial charge in [-0.2, -0.15) is 0 Å². The summed E-state index contributed by atoms with van der Waals surface area (Å²) in [6.07, 6.45) is 3.71. The van der Waals surface area contributed by atoms with Gasteiger partial charge >= 0.3 is 0 Å². The summed E-state index contributed by atoms with van der Waals surface area (Å²) >= 11 is 0. The van der Waals surface area contributed by atoms with Crippen LogP contribution in [0.5, 0.6) is 0 Å². The van der Waals surface area contributed by atoms with Crippen LogP contribution in [0.1, 0.15) is 51.0 Å². The topological polar surface area (TPSA) is 74.8 Å². The first-order valence-corrected chi connectivity index (χ1v) is 9.73. The van der Waals surface area contributed by atoms with Crippen molar-refractivity contribution in [3.8, 4) is 0 Å². The van der Waals surface area contributed by atoms with Gasteiger partial charge in [0.1, 0.15) is 0 Å². The van der Waals surface area contributed by atoms with Crippen LogP contribution >= 0.6 is 0 Å². The number of carbonyl (C=O) groups excluding carboxylic acids is 1. The number of guanidine groups is 1. The molecule has 1 unspecified atom stereocenters. The lowest BCUT2D eigenvalue weighted by Crippen LogP contribution is -2.38. The normalized spacial score (nSPS) is 16.8. The summed E-state index contributed by atoms with van der Waals surface area (Å²) in [4.78, 5) is 16.6. The number of carbonyl (C=O) groups is 1. The Hall–Kier alpha value is -2.08. The minimum atomic E-state index is 0.0612. The smallest absolute Gasteiger partial charge is 0.225 e. The van der Waals surface area contributed by atoms with E-state index in [1.165, 1.54) is 0 Å². The first-order valence-electron chi connectivity index (χ1n) is 9.73. The van der Waals surface area contributed by atoms with E-state index in [2.05, 4.69) is 35.9 Å². The van der Waals surface area contributed by atoms with Crippen molar-refractivity contribution in [2.24, 2.45) is 4.99 Å². The fourth-order valence-electron chi connectivity index (χ4n) is 2.94. The predicted octanol–water partition coefficient (Wildman–Crippen LogP) is 2.87. The molecule has 1 aliphatic heterocycles. The molecule has 0 aliphatic carbocycles. The van der Waals surface area contributed by atoms with Gasteiger partial charge in [0.15, 0.2) is 5.96 Å². The number of para-hydroxylation sites is 1. The lowest BCUT2D eigenvalue weighted by atomic mass is 9.91. The average molecular weight is 361 g/mol. The van der Waals surface area contributed by atoms with E-state index in [0.29, 0.717) is 13.0 Å². The molecule has 6 nitrogen and oxygen atoms in total. The second-order valence-electron chi connectivity index (χ2n) is 6.50. The van der Waals surface area contributed by atoms with Crippen LogP contribution in [0.3, 0.4) is 0 Å². The number of fused-ring (bicyclic) bond motifs is 1. The van der Waals surface area contributed by atoms with Crippen molar-refractivity contribution in [1.29, 1.82) is 0 Å². The number of unbranched alkanes of at least 4 members (excludes halogenated alkanes) is 1. The molecule has 3 N–H and O–H groups in total. The van der Waals surface area contributed by atoms with Crippen LogP contribution in [0.4, 0.5) is 5.69 Å². The zero-order chi connectivity index (χ0) is 18.6. The van der Waals surface area contributed by atoms with Crippen molar-refractivity contribution in [1.82, 2.24) is 10.6 Å². The van der Waals surface area contributed by atoms with Crippen LogP contribution in [0.15, 0.2) is 29.3 Å². The second kappa shape index (κ2) is 11.5. The number of amides is 1. The van der Waals surface area contributed by atoms with Crippen molar-refractivity contribution in [3.63, 3.8) is 0 Å². The lowest BCUT2D eigenvalue weighted by molar-refractivity contribution is -0.116. The van der Waals surface area contributed by atoms with Crippen molar-refractivity contribution >= 4 is 17.6 Å². The van der Waals surface area contributed by atoms with Gasteiger partial charge in [0.05, 0.1) is 6.54 Å². The maximum absolute atomic E-state index is 11.9. The van der Waals surface area contributed by atoms with Crippen molar-refractivity contribution < 1.29 is 9.53 Å². The molecule has 1 amide bonds. The van der Waals surface area contributed by atoms with E-state index in [4.69, 9.17) is 9.73 Å². The Morgan fingerprint density at radius 1 is 1.23 bits per heavy atom. The summed E-state index contributed by atoms with van der Waals surface area (Å²) in [5, 5.41) is 9.54. The Morgan fingerprint density at radius 3 is 2.85 bits per heavy atom. The minimum absolute atomic E-state index is 0.0612. The highest BCUT2D eigenvalue weighted by atomic mass is 16.5. The number of ether oxygens (including phenoxy) is 1. The molecule has 0 fully saturated rings. The molecule has 0 saturated carbocycles. The molecule has 26 heavy (non-hydrogen) atoms. The van der Waals surface area contributed by atoms with Crippen LogP contribution in [0, 0.1) is 0 Å². The van der Waals surface area contributed by atoms with Crippen molar-refractivity contribution in [3.05, 3.63) is 29.8 Å². The Morgan fingerprint density at radius 2 is 2.04 bits per heavy atom. The fraction of sp³-hybridized carbons (Fsp3) is 0.600. The van der Waals surface area contributed by atoms with E-state index >= 15 is 0 Å². The highest BCUT2D eigenvalue weighted by molar-refractivity contribution is 5.94. The number of aliphatic imine (C=N–C) groups is 1. The van der Waals surface area contributed by atoms with Gasteiger partial charge in [-0.25, -0.2) is 0 Å². The number of hydrogen-bond donors (Lipinski definition) is 3. The average Bonchev–Trinajstić information content (AvgIpc) is 2.64. The first-order chi connectivity index (χ1) is 12.7. The largest absolute Gasteiger partial charge is 0.381 e. The van der Waals surface area contributed by atoms with Crippen LogP contribution in [-0.2, 0) is 9.53 Å².